The average molecular weight is 294 g/mol. The van der Waals surface area contributed by atoms with Crippen molar-refractivity contribution in [2.75, 3.05) is 6.54 Å². The van der Waals surface area contributed by atoms with Gasteiger partial charge in [-0.2, -0.15) is 0 Å². The molecule has 1 unspecified atom stereocenters. The van der Waals surface area contributed by atoms with Crippen LogP contribution in [0.2, 0.25) is 0 Å². The molecular formula is C19H20NS+. The molecule has 1 aliphatic heterocycles. The van der Waals surface area contributed by atoms with Gasteiger partial charge in [0.25, 0.3) is 0 Å². The maximum absolute atomic E-state index is 2.30. The van der Waals surface area contributed by atoms with Gasteiger partial charge in [0.1, 0.15) is 13.1 Å². The molecule has 2 heterocycles. The van der Waals surface area contributed by atoms with Gasteiger partial charge < -0.3 is 4.90 Å². The molecule has 0 amide bonds. The third-order valence-corrected chi connectivity index (χ3v) is 5.93. The molecule has 0 bridgehead atoms. The van der Waals surface area contributed by atoms with E-state index in [1.165, 1.54) is 47.3 Å². The molecule has 4 rings (SSSR count). The lowest BCUT2D eigenvalue weighted by molar-refractivity contribution is -0.929. The van der Waals surface area contributed by atoms with E-state index in [4.69, 9.17) is 0 Å². The third-order valence-electron chi connectivity index (χ3n) is 4.66. The van der Waals surface area contributed by atoms with E-state index in [9.17, 15) is 0 Å². The standard InChI is InChI=1S/C19H19NS/c1-14-17-8-4-5-9-18(17)21-19(14)13-20-11-10-15-6-2-3-7-16(15)12-20/h2-9H,10-13H2,1H3/p+1. The first-order valence-electron chi connectivity index (χ1n) is 7.68. The first-order valence-corrected chi connectivity index (χ1v) is 8.50. The zero-order chi connectivity index (χ0) is 14.2. The summed E-state index contributed by atoms with van der Waals surface area (Å²) in [6.45, 7) is 5.87. The Morgan fingerprint density at radius 2 is 1.76 bits per heavy atom. The van der Waals surface area contributed by atoms with Crippen molar-refractivity contribution >= 4 is 21.4 Å². The van der Waals surface area contributed by atoms with E-state index >= 15 is 0 Å². The van der Waals surface area contributed by atoms with E-state index in [-0.39, 0.29) is 0 Å². The molecule has 0 aliphatic carbocycles. The molecule has 1 atom stereocenters. The number of hydrogen-bond donors (Lipinski definition) is 1. The van der Waals surface area contributed by atoms with Crippen LogP contribution in [-0.2, 0) is 19.5 Å². The van der Waals surface area contributed by atoms with Crippen molar-refractivity contribution in [2.24, 2.45) is 0 Å². The van der Waals surface area contributed by atoms with Crippen molar-refractivity contribution in [2.45, 2.75) is 26.4 Å². The first-order chi connectivity index (χ1) is 10.3. The summed E-state index contributed by atoms with van der Waals surface area (Å²) in [5, 5.41) is 1.44. The Labute approximate surface area is 129 Å². The number of benzene rings is 2. The second-order valence-electron chi connectivity index (χ2n) is 6.02. The van der Waals surface area contributed by atoms with Crippen LogP contribution in [0.15, 0.2) is 48.5 Å². The largest absolute Gasteiger partial charge is 0.326 e. The van der Waals surface area contributed by atoms with Gasteiger partial charge in [-0.1, -0.05) is 42.5 Å². The normalized spacial score (nSPS) is 17.9. The Balaban J connectivity index is 1.60. The number of fused-ring (bicyclic) bond motifs is 2. The molecule has 1 aliphatic rings. The highest BCUT2D eigenvalue weighted by Crippen LogP contribution is 2.30. The zero-order valence-electron chi connectivity index (χ0n) is 12.4. The molecule has 21 heavy (non-hydrogen) atoms. The lowest BCUT2D eigenvalue weighted by Crippen LogP contribution is -3.10. The van der Waals surface area contributed by atoms with Crippen molar-refractivity contribution in [3.8, 4) is 0 Å². The molecule has 1 N–H and O–H groups in total. The van der Waals surface area contributed by atoms with Gasteiger partial charge in [0.2, 0.25) is 0 Å². The highest BCUT2D eigenvalue weighted by atomic mass is 32.1. The Kier molecular flexibility index (Phi) is 3.28. The molecule has 0 radical (unpaired) electrons. The van der Waals surface area contributed by atoms with Crippen LogP contribution in [0.1, 0.15) is 21.6 Å². The van der Waals surface area contributed by atoms with Gasteiger partial charge >= 0.3 is 0 Å². The molecule has 0 saturated carbocycles. The van der Waals surface area contributed by atoms with Crippen molar-refractivity contribution < 1.29 is 4.90 Å². The van der Waals surface area contributed by atoms with Crippen molar-refractivity contribution in [3.05, 3.63) is 70.1 Å². The van der Waals surface area contributed by atoms with Gasteiger partial charge in [-0.05, 0) is 29.5 Å². The summed E-state index contributed by atoms with van der Waals surface area (Å²) in [4.78, 5) is 3.26. The monoisotopic (exact) mass is 294 g/mol. The van der Waals surface area contributed by atoms with E-state index in [2.05, 4.69) is 55.5 Å². The number of nitrogens with one attached hydrogen (secondary N) is 1. The lowest BCUT2D eigenvalue weighted by Gasteiger charge is -2.25. The molecule has 0 spiro atoms. The highest BCUT2D eigenvalue weighted by molar-refractivity contribution is 7.19. The van der Waals surface area contributed by atoms with Gasteiger partial charge in [-0.25, -0.2) is 0 Å². The Morgan fingerprint density at radius 1 is 1.00 bits per heavy atom. The Morgan fingerprint density at radius 3 is 2.62 bits per heavy atom. The van der Waals surface area contributed by atoms with Crippen LogP contribution >= 0.6 is 11.3 Å². The number of quaternary nitrogens is 1. The fourth-order valence-corrected chi connectivity index (χ4v) is 4.70. The molecule has 1 aromatic heterocycles. The van der Waals surface area contributed by atoms with Crippen molar-refractivity contribution in [3.63, 3.8) is 0 Å². The lowest BCUT2D eigenvalue weighted by atomic mass is 10.00. The van der Waals surface area contributed by atoms with Crippen LogP contribution in [0.4, 0.5) is 0 Å². The summed E-state index contributed by atoms with van der Waals surface area (Å²) in [5.74, 6) is 0. The average Bonchev–Trinajstić information content (AvgIpc) is 2.84. The number of hydrogen-bond acceptors (Lipinski definition) is 1. The maximum Gasteiger partial charge on any atom is 0.113 e. The second-order valence-corrected chi connectivity index (χ2v) is 7.16. The molecule has 2 heteroatoms. The summed E-state index contributed by atoms with van der Waals surface area (Å²) in [6, 6.07) is 17.7. The van der Waals surface area contributed by atoms with Crippen LogP contribution in [-0.4, -0.2) is 6.54 Å². The number of thiophene rings is 1. The summed E-state index contributed by atoms with van der Waals surface area (Å²) >= 11 is 1.98. The molecule has 1 nitrogen and oxygen atoms in total. The predicted octanol–water partition coefficient (Wildman–Crippen LogP) is 3.35. The van der Waals surface area contributed by atoms with Crippen LogP contribution in [0.5, 0.6) is 0 Å². The first kappa shape index (κ1) is 13.1. The minimum atomic E-state index is 1.17. The fourth-order valence-electron chi connectivity index (χ4n) is 3.41. The fraction of sp³-hybridized carbons (Fsp3) is 0.263. The number of rotatable bonds is 2. The highest BCUT2D eigenvalue weighted by Gasteiger charge is 2.21. The second kappa shape index (κ2) is 5.28. The predicted molar refractivity (Wildman–Crippen MR) is 89.9 cm³/mol. The van der Waals surface area contributed by atoms with E-state index in [0.29, 0.717) is 0 Å². The maximum atomic E-state index is 2.30. The molecule has 2 aromatic carbocycles. The minimum absolute atomic E-state index is 1.17. The zero-order valence-corrected chi connectivity index (χ0v) is 13.2. The van der Waals surface area contributed by atoms with Gasteiger partial charge in [-0.3, -0.25) is 0 Å². The van der Waals surface area contributed by atoms with E-state index in [1.54, 1.807) is 15.3 Å². The van der Waals surface area contributed by atoms with Crippen molar-refractivity contribution in [1.82, 2.24) is 0 Å². The van der Waals surface area contributed by atoms with E-state index < -0.39 is 0 Å². The minimum Gasteiger partial charge on any atom is -0.326 e. The van der Waals surface area contributed by atoms with Gasteiger partial charge in [0, 0.05) is 16.7 Å². The quantitative estimate of drug-likeness (QED) is 0.739. The van der Waals surface area contributed by atoms with E-state index in [1.807, 2.05) is 11.3 Å². The smallest absolute Gasteiger partial charge is 0.113 e. The molecular weight excluding hydrogens is 274 g/mol. The van der Waals surface area contributed by atoms with Crippen LogP contribution in [0, 0.1) is 6.92 Å². The molecule has 0 fully saturated rings. The van der Waals surface area contributed by atoms with E-state index in [0.717, 1.165) is 0 Å². The summed E-state index contributed by atoms with van der Waals surface area (Å²) in [5.41, 5.74) is 4.58. The summed E-state index contributed by atoms with van der Waals surface area (Å²) in [6.07, 6.45) is 1.22. The topological polar surface area (TPSA) is 4.44 Å². The summed E-state index contributed by atoms with van der Waals surface area (Å²) < 4.78 is 1.43. The third kappa shape index (κ3) is 2.39. The van der Waals surface area contributed by atoms with Crippen LogP contribution < -0.4 is 4.90 Å². The molecule has 3 aromatic rings. The van der Waals surface area contributed by atoms with Gasteiger partial charge in [0.05, 0.1) is 11.4 Å². The SMILES string of the molecule is Cc1c(C[NH+]2CCc3ccccc3C2)sc2ccccc12. The Bertz CT molecular complexity index is 787. The number of aryl methyl sites for hydroxylation is 1. The van der Waals surface area contributed by atoms with Crippen molar-refractivity contribution in [1.29, 1.82) is 0 Å². The van der Waals surface area contributed by atoms with Crippen LogP contribution in [0.3, 0.4) is 0 Å². The molecule has 0 saturated heterocycles. The van der Waals surface area contributed by atoms with Gasteiger partial charge in [-0.15, -0.1) is 11.3 Å². The van der Waals surface area contributed by atoms with Gasteiger partial charge in [0.15, 0.2) is 0 Å². The van der Waals surface area contributed by atoms with Crippen LogP contribution in [0.25, 0.3) is 10.1 Å². The summed E-state index contributed by atoms with van der Waals surface area (Å²) in [7, 11) is 0. The Hall–Kier alpha value is -1.64. The molecule has 106 valence electrons.